The third kappa shape index (κ3) is 1.91. The van der Waals surface area contributed by atoms with Crippen LogP contribution in [0.5, 0.6) is 17.2 Å². The molecule has 0 atom stereocenters. The van der Waals surface area contributed by atoms with Gasteiger partial charge in [-0.05, 0) is 12.8 Å². The first kappa shape index (κ1) is 12.3. The lowest BCUT2D eigenvalue weighted by molar-refractivity contribution is 0.339. The normalized spacial score (nSPS) is 16.5. The quantitative estimate of drug-likeness (QED) is 0.899. The summed E-state index contributed by atoms with van der Waals surface area (Å²) in [7, 11) is 4.73. The third-order valence-corrected chi connectivity index (χ3v) is 3.35. The second kappa shape index (κ2) is 4.27. The van der Waals surface area contributed by atoms with Crippen LogP contribution in [0, 0.1) is 0 Å². The summed E-state index contributed by atoms with van der Waals surface area (Å²) in [5.74, 6) is 1.75. The van der Waals surface area contributed by atoms with Gasteiger partial charge in [-0.1, -0.05) is 11.6 Å². The molecule has 1 fully saturated rings. The van der Waals surface area contributed by atoms with Crippen LogP contribution in [-0.4, -0.2) is 21.3 Å². The van der Waals surface area contributed by atoms with E-state index in [2.05, 4.69) is 0 Å². The van der Waals surface area contributed by atoms with Gasteiger partial charge in [-0.25, -0.2) is 0 Å². The van der Waals surface area contributed by atoms with Gasteiger partial charge >= 0.3 is 0 Å². The molecule has 17 heavy (non-hydrogen) atoms. The van der Waals surface area contributed by atoms with E-state index in [4.69, 9.17) is 31.5 Å². The van der Waals surface area contributed by atoms with E-state index in [1.54, 1.807) is 27.4 Å². The molecule has 2 N–H and O–H groups in total. The van der Waals surface area contributed by atoms with E-state index >= 15 is 0 Å². The smallest absolute Gasteiger partial charge is 0.169 e. The number of ether oxygens (including phenoxy) is 3. The molecule has 94 valence electrons. The van der Waals surface area contributed by atoms with Crippen molar-refractivity contribution < 1.29 is 14.2 Å². The number of nitrogens with two attached hydrogens (primary N) is 1. The molecular weight excluding hydrogens is 242 g/mol. The Labute approximate surface area is 106 Å². The van der Waals surface area contributed by atoms with Gasteiger partial charge in [0.25, 0.3) is 0 Å². The first-order chi connectivity index (χ1) is 8.07. The highest BCUT2D eigenvalue weighted by atomic mass is 35.5. The van der Waals surface area contributed by atoms with Gasteiger partial charge in [-0.3, -0.25) is 0 Å². The van der Waals surface area contributed by atoms with E-state index in [0.29, 0.717) is 22.3 Å². The first-order valence-electron chi connectivity index (χ1n) is 5.35. The van der Waals surface area contributed by atoms with Crippen LogP contribution in [0.3, 0.4) is 0 Å². The molecule has 0 saturated heterocycles. The fourth-order valence-electron chi connectivity index (χ4n) is 1.98. The van der Waals surface area contributed by atoms with Crippen molar-refractivity contribution in [1.82, 2.24) is 0 Å². The minimum Gasteiger partial charge on any atom is -0.495 e. The molecule has 0 aliphatic heterocycles. The molecule has 1 aliphatic carbocycles. The van der Waals surface area contributed by atoms with Crippen molar-refractivity contribution in [1.29, 1.82) is 0 Å². The first-order valence-corrected chi connectivity index (χ1v) is 5.73. The van der Waals surface area contributed by atoms with Gasteiger partial charge in [0.2, 0.25) is 0 Å². The molecule has 1 aliphatic rings. The summed E-state index contributed by atoms with van der Waals surface area (Å²) < 4.78 is 16.0. The molecule has 0 spiro atoms. The number of benzene rings is 1. The summed E-state index contributed by atoms with van der Waals surface area (Å²) in [4.78, 5) is 0. The van der Waals surface area contributed by atoms with E-state index in [1.807, 2.05) is 0 Å². The standard InChI is InChI=1S/C12H16ClNO3/c1-15-8-6-7(13)10(16-2)9(11(8)17-3)12(14)4-5-12/h6H,4-5,14H2,1-3H3. The monoisotopic (exact) mass is 257 g/mol. The predicted molar refractivity (Wildman–Crippen MR) is 66.2 cm³/mol. The van der Waals surface area contributed by atoms with Crippen molar-refractivity contribution in [3.05, 3.63) is 16.7 Å². The molecule has 4 nitrogen and oxygen atoms in total. The highest BCUT2D eigenvalue weighted by molar-refractivity contribution is 6.32. The maximum Gasteiger partial charge on any atom is 0.169 e. The van der Waals surface area contributed by atoms with Gasteiger partial charge in [0, 0.05) is 11.6 Å². The number of rotatable bonds is 4. The molecule has 0 heterocycles. The topological polar surface area (TPSA) is 53.7 Å². The highest BCUT2D eigenvalue weighted by Gasteiger charge is 2.46. The Morgan fingerprint density at radius 1 is 1.12 bits per heavy atom. The third-order valence-electron chi connectivity index (χ3n) is 3.07. The van der Waals surface area contributed by atoms with Crippen molar-refractivity contribution in [3.63, 3.8) is 0 Å². The molecular formula is C12H16ClNO3. The summed E-state index contributed by atoms with van der Waals surface area (Å²) in [6.45, 7) is 0. The fourth-order valence-corrected chi connectivity index (χ4v) is 2.25. The van der Waals surface area contributed by atoms with E-state index in [0.717, 1.165) is 18.4 Å². The maximum atomic E-state index is 6.24. The van der Waals surface area contributed by atoms with Gasteiger partial charge < -0.3 is 19.9 Å². The fraction of sp³-hybridized carbons (Fsp3) is 0.500. The van der Waals surface area contributed by atoms with Crippen LogP contribution >= 0.6 is 11.6 Å². The molecule has 0 aromatic heterocycles. The van der Waals surface area contributed by atoms with Crippen LogP contribution in [0.4, 0.5) is 0 Å². The highest BCUT2D eigenvalue weighted by Crippen LogP contribution is 2.55. The largest absolute Gasteiger partial charge is 0.495 e. The lowest BCUT2D eigenvalue weighted by atomic mass is 10.0. The van der Waals surface area contributed by atoms with Crippen molar-refractivity contribution in [2.45, 2.75) is 18.4 Å². The zero-order valence-electron chi connectivity index (χ0n) is 10.2. The van der Waals surface area contributed by atoms with Crippen LogP contribution < -0.4 is 19.9 Å². The van der Waals surface area contributed by atoms with Crippen molar-refractivity contribution in [2.24, 2.45) is 5.73 Å². The van der Waals surface area contributed by atoms with Crippen molar-refractivity contribution in [3.8, 4) is 17.2 Å². The van der Waals surface area contributed by atoms with Gasteiger partial charge in [0.1, 0.15) is 5.75 Å². The molecule has 2 rings (SSSR count). The molecule has 0 amide bonds. The van der Waals surface area contributed by atoms with Gasteiger partial charge in [-0.2, -0.15) is 0 Å². The second-order valence-electron chi connectivity index (χ2n) is 4.16. The summed E-state index contributed by atoms with van der Waals surface area (Å²) in [5.41, 5.74) is 6.63. The predicted octanol–water partition coefficient (Wildman–Crippen LogP) is 2.31. The van der Waals surface area contributed by atoms with E-state index < -0.39 is 5.54 Å². The Morgan fingerprint density at radius 3 is 2.12 bits per heavy atom. The van der Waals surface area contributed by atoms with E-state index in [1.165, 1.54) is 0 Å². The molecule has 1 aromatic carbocycles. The second-order valence-corrected chi connectivity index (χ2v) is 4.57. The van der Waals surface area contributed by atoms with Crippen LogP contribution in [0.2, 0.25) is 5.02 Å². The number of hydrogen-bond acceptors (Lipinski definition) is 4. The zero-order chi connectivity index (χ0) is 12.6. The Kier molecular flexibility index (Phi) is 3.10. The number of hydrogen-bond donors (Lipinski definition) is 1. The number of methoxy groups -OCH3 is 3. The van der Waals surface area contributed by atoms with E-state index in [9.17, 15) is 0 Å². The van der Waals surface area contributed by atoms with Gasteiger partial charge in [0.05, 0.1) is 31.9 Å². The summed E-state index contributed by atoms with van der Waals surface area (Å²) in [6.07, 6.45) is 1.78. The van der Waals surface area contributed by atoms with Gasteiger partial charge in [-0.15, -0.1) is 0 Å². The van der Waals surface area contributed by atoms with Crippen LogP contribution in [0.15, 0.2) is 6.07 Å². The lowest BCUT2D eigenvalue weighted by Crippen LogP contribution is -2.21. The van der Waals surface area contributed by atoms with E-state index in [-0.39, 0.29) is 0 Å². The van der Waals surface area contributed by atoms with Crippen molar-refractivity contribution >= 4 is 11.6 Å². The zero-order valence-corrected chi connectivity index (χ0v) is 10.9. The Balaban J connectivity index is 2.69. The Bertz CT molecular complexity index is 444. The summed E-state index contributed by atoms with van der Waals surface area (Å²) in [6, 6.07) is 1.68. The van der Waals surface area contributed by atoms with Crippen LogP contribution in [0.25, 0.3) is 0 Å². The molecule has 0 bridgehead atoms. The molecule has 5 heteroatoms. The Morgan fingerprint density at radius 2 is 1.71 bits per heavy atom. The minimum atomic E-state index is -0.408. The van der Waals surface area contributed by atoms with Gasteiger partial charge in [0.15, 0.2) is 11.5 Å². The Hall–Kier alpha value is -1.13. The minimum absolute atomic E-state index is 0.408. The van der Waals surface area contributed by atoms with Crippen molar-refractivity contribution in [2.75, 3.05) is 21.3 Å². The maximum absolute atomic E-state index is 6.24. The SMILES string of the molecule is COc1cc(Cl)c(OC)c(C2(N)CC2)c1OC. The summed E-state index contributed by atoms with van der Waals surface area (Å²) in [5, 5.41) is 0.483. The summed E-state index contributed by atoms with van der Waals surface area (Å²) >= 11 is 6.16. The molecule has 0 radical (unpaired) electrons. The van der Waals surface area contributed by atoms with Crippen LogP contribution in [-0.2, 0) is 5.54 Å². The number of halogens is 1. The average molecular weight is 258 g/mol. The molecule has 0 unspecified atom stereocenters. The van der Waals surface area contributed by atoms with Crippen LogP contribution in [0.1, 0.15) is 18.4 Å². The molecule has 1 aromatic rings. The molecule has 1 saturated carbocycles. The lowest BCUT2D eigenvalue weighted by Gasteiger charge is -2.21. The average Bonchev–Trinajstić information content (AvgIpc) is 3.06.